The number of rotatable bonds is 3. The lowest BCUT2D eigenvalue weighted by atomic mass is 10.0. The zero-order valence-corrected chi connectivity index (χ0v) is 8.74. The summed E-state index contributed by atoms with van der Waals surface area (Å²) >= 11 is 0. The number of nitrogens with zero attached hydrogens (tertiary/aromatic N) is 4. The maximum absolute atomic E-state index is 11.1. The number of hydrogen-bond donors (Lipinski definition) is 1. The first-order chi connectivity index (χ1) is 7.68. The second-order valence-corrected chi connectivity index (χ2v) is 3.47. The summed E-state index contributed by atoms with van der Waals surface area (Å²) in [5.74, 6) is -0.676. The van der Waals surface area contributed by atoms with Crippen molar-refractivity contribution in [3.8, 4) is 5.69 Å². The van der Waals surface area contributed by atoms with Crippen LogP contribution in [0.25, 0.3) is 5.69 Å². The summed E-state index contributed by atoms with van der Waals surface area (Å²) in [5, 5.41) is 10.9. The van der Waals surface area contributed by atoms with Gasteiger partial charge in [-0.25, -0.2) is 4.68 Å². The van der Waals surface area contributed by atoms with E-state index in [-0.39, 0.29) is 11.8 Å². The third-order valence-corrected chi connectivity index (χ3v) is 2.41. The molecule has 0 spiro atoms. The molecule has 1 aromatic heterocycles. The van der Waals surface area contributed by atoms with Crippen LogP contribution in [0.3, 0.4) is 0 Å². The van der Waals surface area contributed by atoms with E-state index in [0.717, 1.165) is 11.3 Å². The highest BCUT2D eigenvalue weighted by Gasteiger charge is 2.12. The summed E-state index contributed by atoms with van der Waals surface area (Å²) in [5.41, 5.74) is 6.90. The van der Waals surface area contributed by atoms with Gasteiger partial charge in [0, 0.05) is 0 Å². The van der Waals surface area contributed by atoms with Gasteiger partial charge >= 0.3 is 0 Å². The predicted molar refractivity (Wildman–Crippen MR) is 56.8 cm³/mol. The molecule has 2 rings (SSSR count). The summed E-state index contributed by atoms with van der Waals surface area (Å²) in [4.78, 5) is 11.1. The van der Waals surface area contributed by atoms with Crippen molar-refractivity contribution in [1.29, 1.82) is 0 Å². The molecule has 1 amide bonds. The number of amides is 1. The Hall–Kier alpha value is -2.24. The number of primary amides is 1. The van der Waals surface area contributed by atoms with Gasteiger partial charge in [0.2, 0.25) is 5.91 Å². The van der Waals surface area contributed by atoms with E-state index in [1.54, 1.807) is 6.92 Å². The molecule has 6 heteroatoms. The smallest absolute Gasteiger partial charge is 0.224 e. The third-order valence-electron chi connectivity index (χ3n) is 2.41. The van der Waals surface area contributed by atoms with Crippen molar-refractivity contribution in [2.24, 2.45) is 5.73 Å². The van der Waals surface area contributed by atoms with Crippen LogP contribution in [-0.4, -0.2) is 26.1 Å². The maximum atomic E-state index is 11.1. The second-order valence-electron chi connectivity index (χ2n) is 3.47. The molecule has 1 heterocycles. The lowest BCUT2D eigenvalue weighted by Crippen LogP contribution is -2.18. The van der Waals surface area contributed by atoms with E-state index >= 15 is 0 Å². The van der Waals surface area contributed by atoms with Crippen molar-refractivity contribution in [3.63, 3.8) is 0 Å². The van der Waals surface area contributed by atoms with Crippen molar-refractivity contribution in [2.75, 3.05) is 0 Å². The first-order valence-corrected chi connectivity index (χ1v) is 4.81. The Bertz CT molecular complexity index is 494. The van der Waals surface area contributed by atoms with Crippen molar-refractivity contribution >= 4 is 5.91 Å². The van der Waals surface area contributed by atoms with E-state index in [9.17, 15) is 4.79 Å². The molecule has 1 atom stereocenters. The van der Waals surface area contributed by atoms with Crippen LogP contribution in [0.5, 0.6) is 0 Å². The van der Waals surface area contributed by atoms with Crippen LogP contribution < -0.4 is 5.73 Å². The molecule has 0 bridgehead atoms. The molecule has 0 fully saturated rings. The van der Waals surface area contributed by atoms with Crippen LogP contribution >= 0.6 is 0 Å². The molecule has 0 aliphatic carbocycles. The third kappa shape index (κ3) is 1.90. The summed E-state index contributed by atoms with van der Waals surface area (Å²) in [6.45, 7) is 1.76. The first kappa shape index (κ1) is 10.3. The average molecular weight is 217 g/mol. The van der Waals surface area contributed by atoms with Crippen molar-refractivity contribution in [1.82, 2.24) is 20.2 Å². The van der Waals surface area contributed by atoms with Gasteiger partial charge < -0.3 is 5.73 Å². The molecule has 1 aromatic carbocycles. The molecule has 0 saturated carbocycles. The molecule has 1 unspecified atom stereocenters. The Morgan fingerprint density at radius 3 is 2.94 bits per heavy atom. The van der Waals surface area contributed by atoms with Crippen molar-refractivity contribution in [3.05, 3.63) is 36.2 Å². The number of tetrazole rings is 1. The van der Waals surface area contributed by atoms with E-state index in [1.807, 2.05) is 24.3 Å². The van der Waals surface area contributed by atoms with E-state index in [1.165, 1.54) is 11.0 Å². The molecule has 82 valence electrons. The second kappa shape index (κ2) is 4.09. The number of hydrogen-bond acceptors (Lipinski definition) is 4. The van der Waals surface area contributed by atoms with Gasteiger partial charge in [0.1, 0.15) is 6.33 Å². The molecule has 0 aliphatic rings. The normalized spacial score (nSPS) is 12.3. The summed E-state index contributed by atoms with van der Waals surface area (Å²) in [6.07, 6.45) is 1.49. The first-order valence-electron chi connectivity index (χ1n) is 4.81. The number of aromatic nitrogens is 4. The Morgan fingerprint density at radius 1 is 1.50 bits per heavy atom. The van der Waals surface area contributed by atoms with Crippen LogP contribution in [-0.2, 0) is 4.79 Å². The largest absolute Gasteiger partial charge is 0.369 e. The average Bonchev–Trinajstić information content (AvgIpc) is 2.81. The zero-order chi connectivity index (χ0) is 11.5. The summed E-state index contributed by atoms with van der Waals surface area (Å²) < 4.78 is 1.53. The fraction of sp³-hybridized carbons (Fsp3) is 0.200. The highest BCUT2D eigenvalue weighted by atomic mass is 16.1. The van der Waals surface area contributed by atoms with Gasteiger partial charge in [0.15, 0.2) is 0 Å². The van der Waals surface area contributed by atoms with Crippen molar-refractivity contribution < 1.29 is 4.79 Å². The van der Waals surface area contributed by atoms with Crippen LogP contribution in [0.1, 0.15) is 18.4 Å². The molecule has 0 saturated heterocycles. The van der Waals surface area contributed by atoms with Crippen LogP contribution in [0, 0.1) is 0 Å². The van der Waals surface area contributed by atoms with E-state index in [0.29, 0.717) is 0 Å². The monoisotopic (exact) mass is 217 g/mol. The van der Waals surface area contributed by atoms with Gasteiger partial charge in [-0.15, -0.1) is 5.10 Å². The number of benzene rings is 1. The molecular weight excluding hydrogens is 206 g/mol. The van der Waals surface area contributed by atoms with Gasteiger partial charge in [-0.3, -0.25) is 4.79 Å². The van der Waals surface area contributed by atoms with Gasteiger partial charge in [-0.05, 0) is 35.0 Å². The fourth-order valence-electron chi connectivity index (χ4n) is 1.38. The highest BCUT2D eigenvalue weighted by Crippen LogP contribution is 2.17. The molecule has 0 aliphatic heterocycles. The number of carbonyl (C=O) groups is 1. The molecule has 0 radical (unpaired) electrons. The highest BCUT2D eigenvalue weighted by molar-refractivity contribution is 5.81. The Morgan fingerprint density at radius 2 is 2.31 bits per heavy atom. The minimum absolute atomic E-state index is 0.323. The summed E-state index contributed by atoms with van der Waals surface area (Å²) in [6, 6.07) is 7.38. The van der Waals surface area contributed by atoms with E-state index < -0.39 is 0 Å². The molecule has 2 aromatic rings. The molecular formula is C10H11N5O. The topological polar surface area (TPSA) is 86.7 Å². The maximum Gasteiger partial charge on any atom is 0.224 e. The molecule has 2 N–H and O–H groups in total. The van der Waals surface area contributed by atoms with Gasteiger partial charge in [-0.2, -0.15) is 0 Å². The van der Waals surface area contributed by atoms with Gasteiger partial charge in [-0.1, -0.05) is 12.1 Å². The Labute approximate surface area is 92.1 Å². The quantitative estimate of drug-likeness (QED) is 0.798. The Balaban J connectivity index is 2.37. The fourth-order valence-corrected chi connectivity index (χ4v) is 1.38. The van der Waals surface area contributed by atoms with E-state index in [2.05, 4.69) is 15.5 Å². The SMILES string of the molecule is CC(C(N)=O)c1cccc(-n2cnnn2)c1. The number of nitrogens with two attached hydrogens (primary N) is 1. The van der Waals surface area contributed by atoms with Crippen LogP contribution in [0.4, 0.5) is 0 Å². The van der Waals surface area contributed by atoms with Gasteiger partial charge in [0.05, 0.1) is 11.6 Å². The molecule has 16 heavy (non-hydrogen) atoms. The Kier molecular flexibility index (Phi) is 2.63. The van der Waals surface area contributed by atoms with Crippen molar-refractivity contribution in [2.45, 2.75) is 12.8 Å². The molecule has 6 nitrogen and oxygen atoms in total. The minimum atomic E-state index is -0.353. The zero-order valence-electron chi connectivity index (χ0n) is 8.74. The lowest BCUT2D eigenvalue weighted by Gasteiger charge is -2.08. The van der Waals surface area contributed by atoms with Gasteiger partial charge in [0.25, 0.3) is 0 Å². The lowest BCUT2D eigenvalue weighted by molar-refractivity contribution is -0.119. The number of carbonyl (C=O) groups excluding carboxylic acids is 1. The van der Waals surface area contributed by atoms with E-state index in [4.69, 9.17) is 5.73 Å². The van der Waals surface area contributed by atoms with Crippen LogP contribution in [0.15, 0.2) is 30.6 Å². The minimum Gasteiger partial charge on any atom is -0.369 e. The van der Waals surface area contributed by atoms with Crippen LogP contribution in [0.2, 0.25) is 0 Å². The standard InChI is InChI=1S/C10H11N5O/c1-7(10(11)16)8-3-2-4-9(5-8)15-6-12-13-14-15/h2-7H,1H3,(H2,11,16). The summed E-state index contributed by atoms with van der Waals surface area (Å²) in [7, 11) is 0. The predicted octanol–water partition coefficient (Wildman–Crippen LogP) is 0.251.